The summed E-state index contributed by atoms with van der Waals surface area (Å²) in [7, 11) is 0. The van der Waals surface area contributed by atoms with Gasteiger partial charge in [0, 0.05) is 6.54 Å². The minimum atomic E-state index is -0.809. The Kier molecular flexibility index (Phi) is 2.89. The molecule has 0 spiro atoms. The molecule has 5 N–H and O–H groups in total. The topological polar surface area (TPSA) is 105 Å². The zero-order valence-electron chi connectivity index (χ0n) is 6.40. The summed E-state index contributed by atoms with van der Waals surface area (Å²) in [5.41, 5.74) is 5.19. The second-order valence-electron chi connectivity index (χ2n) is 2.28. The van der Waals surface area contributed by atoms with Gasteiger partial charge in [0.05, 0.1) is 18.9 Å². The molecule has 1 aromatic rings. The Hall–Kier alpha value is -1.27. The number of aromatic nitrogens is 1. The van der Waals surface area contributed by atoms with E-state index in [1.54, 1.807) is 0 Å². The highest BCUT2D eigenvalue weighted by Gasteiger charge is 2.03. The third-order valence-electron chi connectivity index (χ3n) is 1.25. The molecule has 0 saturated carbocycles. The van der Waals surface area contributed by atoms with Gasteiger partial charge >= 0.3 is 0 Å². The van der Waals surface area contributed by atoms with Crippen molar-refractivity contribution < 1.29 is 14.6 Å². The fourth-order valence-corrected chi connectivity index (χ4v) is 0.652. The van der Waals surface area contributed by atoms with Crippen LogP contribution in [-0.4, -0.2) is 34.5 Å². The smallest absolute Gasteiger partial charge is 0.293 e. The monoisotopic (exact) mass is 173 g/mol. The molecule has 0 aromatic carbocycles. The molecule has 0 aliphatic rings. The van der Waals surface area contributed by atoms with E-state index in [1.807, 2.05) is 0 Å². The van der Waals surface area contributed by atoms with Gasteiger partial charge in [-0.3, -0.25) is 0 Å². The normalized spacial score (nSPS) is 12.8. The van der Waals surface area contributed by atoms with Crippen molar-refractivity contribution in [3.8, 4) is 0 Å². The summed E-state index contributed by atoms with van der Waals surface area (Å²) < 4.78 is 4.84. The second-order valence-corrected chi connectivity index (χ2v) is 2.28. The maximum absolute atomic E-state index is 8.92. The molecule has 0 saturated heterocycles. The van der Waals surface area contributed by atoms with Crippen LogP contribution < -0.4 is 11.1 Å². The average molecular weight is 173 g/mol. The summed E-state index contributed by atoms with van der Waals surface area (Å²) in [5.74, 6) is 0.375. The lowest BCUT2D eigenvalue weighted by atomic mass is 10.4. The standard InChI is InChI=1S/C6H11N3O3/c7-6-9-2-5(12-6)8-1-4(11)3-10/h2,4,8,10-11H,1,3H2,(H2,7,9). The molecule has 1 heterocycles. The largest absolute Gasteiger partial charge is 0.408 e. The first-order valence-corrected chi connectivity index (χ1v) is 3.46. The van der Waals surface area contributed by atoms with Crippen molar-refractivity contribution in [2.24, 2.45) is 0 Å². The van der Waals surface area contributed by atoms with Gasteiger partial charge in [0.1, 0.15) is 0 Å². The number of nitrogen functional groups attached to an aromatic ring is 1. The summed E-state index contributed by atoms with van der Waals surface area (Å²) in [6, 6.07) is 0.0657. The van der Waals surface area contributed by atoms with Gasteiger partial charge in [0.15, 0.2) is 0 Å². The molecule has 0 aliphatic heterocycles. The Morgan fingerprint density at radius 1 is 1.75 bits per heavy atom. The number of anilines is 2. The van der Waals surface area contributed by atoms with Gasteiger partial charge in [-0.1, -0.05) is 0 Å². The van der Waals surface area contributed by atoms with Crippen LogP contribution in [0, 0.1) is 0 Å². The Labute approximate surface area is 69.0 Å². The number of oxazole rings is 1. The molecule has 1 aromatic heterocycles. The van der Waals surface area contributed by atoms with Crippen LogP contribution in [-0.2, 0) is 0 Å². The number of aliphatic hydroxyl groups excluding tert-OH is 2. The molecule has 6 heteroatoms. The van der Waals surface area contributed by atoms with E-state index < -0.39 is 6.10 Å². The number of nitrogens with one attached hydrogen (secondary N) is 1. The molecule has 0 aliphatic carbocycles. The van der Waals surface area contributed by atoms with Crippen molar-refractivity contribution in [2.75, 3.05) is 24.2 Å². The highest BCUT2D eigenvalue weighted by Crippen LogP contribution is 2.09. The van der Waals surface area contributed by atoms with Crippen molar-refractivity contribution in [2.45, 2.75) is 6.10 Å². The van der Waals surface area contributed by atoms with Gasteiger partial charge in [-0.15, -0.1) is 0 Å². The van der Waals surface area contributed by atoms with Crippen LogP contribution in [0.25, 0.3) is 0 Å². The van der Waals surface area contributed by atoms with Crippen LogP contribution in [0.3, 0.4) is 0 Å². The van der Waals surface area contributed by atoms with E-state index in [0.29, 0.717) is 5.88 Å². The Morgan fingerprint density at radius 2 is 2.50 bits per heavy atom. The lowest BCUT2D eigenvalue weighted by Gasteiger charge is -2.06. The van der Waals surface area contributed by atoms with E-state index >= 15 is 0 Å². The molecule has 68 valence electrons. The minimum Gasteiger partial charge on any atom is -0.408 e. The van der Waals surface area contributed by atoms with Crippen molar-refractivity contribution in [3.05, 3.63) is 6.20 Å². The van der Waals surface area contributed by atoms with Crippen molar-refractivity contribution in [1.29, 1.82) is 0 Å². The van der Waals surface area contributed by atoms with E-state index in [4.69, 9.17) is 20.4 Å². The first-order valence-electron chi connectivity index (χ1n) is 3.46. The van der Waals surface area contributed by atoms with Crippen LogP contribution in [0.4, 0.5) is 11.9 Å². The van der Waals surface area contributed by atoms with E-state index in [2.05, 4.69) is 10.3 Å². The minimum absolute atomic E-state index is 0.0657. The molecular formula is C6H11N3O3. The van der Waals surface area contributed by atoms with Crippen LogP contribution in [0.2, 0.25) is 0 Å². The van der Waals surface area contributed by atoms with Gasteiger partial charge < -0.3 is 25.7 Å². The quantitative estimate of drug-likeness (QED) is 0.466. The molecule has 0 fully saturated rings. The number of hydrogen-bond acceptors (Lipinski definition) is 6. The van der Waals surface area contributed by atoms with Crippen LogP contribution >= 0.6 is 0 Å². The van der Waals surface area contributed by atoms with E-state index in [-0.39, 0.29) is 19.2 Å². The molecular weight excluding hydrogens is 162 g/mol. The molecule has 0 radical (unpaired) electrons. The highest BCUT2D eigenvalue weighted by molar-refractivity contribution is 5.31. The number of hydrogen-bond donors (Lipinski definition) is 4. The van der Waals surface area contributed by atoms with Crippen LogP contribution in [0.15, 0.2) is 10.6 Å². The lowest BCUT2D eigenvalue weighted by molar-refractivity contribution is 0.105. The summed E-state index contributed by atoms with van der Waals surface area (Å²) in [6.07, 6.45) is 0.593. The fraction of sp³-hybridized carbons (Fsp3) is 0.500. The Bertz CT molecular complexity index is 238. The van der Waals surface area contributed by atoms with Crippen LogP contribution in [0.1, 0.15) is 0 Å². The maximum Gasteiger partial charge on any atom is 0.293 e. The number of nitrogens with two attached hydrogens (primary N) is 1. The lowest BCUT2D eigenvalue weighted by Crippen LogP contribution is -2.22. The van der Waals surface area contributed by atoms with Gasteiger partial charge in [0.2, 0.25) is 5.88 Å². The number of rotatable bonds is 4. The van der Waals surface area contributed by atoms with E-state index in [1.165, 1.54) is 6.20 Å². The number of nitrogens with zero attached hydrogens (tertiary/aromatic N) is 1. The predicted molar refractivity (Wildman–Crippen MR) is 42.5 cm³/mol. The molecule has 1 atom stereocenters. The third-order valence-corrected chi connectivity index (χ3v) is 1.25. The van der Waals surface area contributed by atoms with E-state index in [9.17, 15) is 0 Å². The zero-order valence-corrected chi connectivity index (χ0v) is 6.40. The van der Waals surface area contributed by atoms with Gasteiger partial charge in [-0.05, 0) is 0 Å². The average Bonchev–Trinajstić information content (AvgIpc) is 2.47. The van der Waals surface area contributed by atoms with Crippen molar-refractivity contribution in [3.63, 3.8) is 0 Å². The molecule has 6 nitrogen and oxygen atoms in total. The first kappa shape index (κ1) is 8.82. The molecule has 1 rings (SSSR count). The zero-order chi connectivity index (χ0) is 8.97. The SMILES string of the molecule is Nc1ncc(NCC(O)CO)o1. The summed E-state index contributed by atoms with van der Waals surface area (Å²) in [5, 5.41) is 20.1. The molecule has 0 amide bonds. The Morgan fingerprint density at radius 3 is 3.00 bits per heavy atom. The van der Waals surface area contributed by atoms with Crippen molar-refractivity contribution >= 4 is 11.9 Å². The Balaban J connectivity index is 2.33. The number of aliphatic hydroxyl groups is 2. The van der Waals surface area contributed by atoms with Gasteiger partial charge in [0.25, 0.3) is 6.01 Å². The summed E-state index contributed by atoms with van der Waals surface area (Å²) in [6.45, 7) is -0.0955. The molecule has 0 bridgehead atoms. The fourth-order valence-electron chi connectivity index (χ4n) is 0.652. The first-order chi connectivity index (χ1) is 5.72. The molecule has 1 unspecified atom stereocenters. The highest BCUT2D eigenvalue weighted by atomic mass is 16.4. The second kappa shape index (κ2) is 3.93. The van der Waals surface area contributed by atoms with Gasteiger partial charge in [-0.2, -0.15) is 0 Å². The maximum atomic E-state index is 8.92. The summed E-state index contributed by atoms with van der Waals surface area (Å²) >= 11 is 0. The summed E-state index contributed by atoms with van der Waals surface area (Å²) in [4.78, 5) is 3.62. The third kappa shape index (κ3) is 2.40. The van der Waals surface area contributed by atoms with Gasteiger partial charge in [-0.25, -0.2) is 4.98 Å². The van der Waals surface area contributed by atoms with Crippen molar-refractivity contribution in [1.82, 2.24) is 4.98 Å². The predicted octanol–water partition coefficient (Wildman–Crippen LogP) is -0.978. The van der Waals surface area contributed by atoms with Crippen LogP contribution in [0.5, 0.6) is 0 Å². The molecule has 12 heavy (non-hydrogen) atoms. The van der Waals surface area contributed by atoms with E-state index in [0.717, 1.165) is 0 Å².